The summed E-state index contributed by atoms with van der Waals surface area (Å²) < 4.78 is 0. The lowest BCUT2D eigenvalue weighted by Crippen LogP contribution is -2.15. The fourth-order valence-corrected chi connectivity index (χ4v) is 13.1. The zero-order valence-corrected chi connectivity index (χ0v) is 98.1. The summed E-state index contributed by atoms with van der Waals surface area (Å²) >= 11 is 0. The summed E-state index contributed by atoms with van der Waals surface area (Å²) in [6.45, 7) is 90.5. The predicted octanol–water partition coefficient (Wildman–Crippen LogP) is 28.1. The second kappa shape index (κ2) is 58.3. The van der Waals surface area contributed by atoms with Crippen molar-refractivity contribution in [2.45, 2.75) is 375 Å². The van der Waals surface area contributed by atoms with Crippen LogP contribution < -0.4 is 28.3 Å². The minimum Gasteiger partial charge on any atom is -0.397 e. The Kier molecular flexibility index (Phi) is 51.4. The average Bonchev–Trinajstić information content (AvgIpc) is 1.65. The van der Waals surface area contributed by atoms with Crippen molar-refractivity contribution < 1.29 is 0 Å². The highest BCUT2D eigenvalue weighted by molar-refractivity contribution is 5.81. The molecule has 0 amide bonds. The minimum atomic E-state index is -0.0435. The SMILES string of the molecule is C.CC(C)(C)Cc1cn[nH]c1.CC(C)(C)c1c[nH]c2ncccc12.CC(C)(C)c1cc[nH]c(=O)c1.CC(C)(C)c1ccc(=O)[nH]c1.CC(C)(C)c1ccc(N)nc1.CC(C)(C)c1ccnc(N)c1.CC(C)(C)c1ccnc2[nH]ccc12.CC(C)(C)c1ccncc1.CC(C)(C)c1ccncc1N.CC(C)(C)c1ccncn1.CC(C)(C)c1ccnnc1.CC(C)(C)c1cn[nH]c1.CC(C)(C)c1cnc[nH]1.CC(C)(C)c1ncncn1. The van der Waals surface area contributed by atoms with Crippen LogP contribution in [0.5, 0.6) is 0 Å². The lowest BCUT2D eigenvalue weighted by molar-refractivity contribution is 0.411. The monoisotopic (exact) mass is 2050 g/mol. The number of nitrogens with one attached hydrogen (secondary N) is 7. The van der Waals surface area contributed by atoms with E-state index < -0.39 is 0 Å². The summed E-state index contributed by atoms with van der Waals surface area (Å²) in [7, 11) is 0. The van der Waals surface area contributed by atoms with Crippen LogP contribution in [0.4, 0.5) is 17.3 Å². The number of nitrogens with two attached hydrogens (primary N) is 3. The molecule has 0 saturated heterocycles. The maximum absolute atomic E-state index is 10.9. The van der Waals surface area contributed by atoms with Crippen LogP contribution in [0, 0.1) is 5.41 Å². The molecule has 0 atom stereocenters. The lowest BCUT2D eigenvalue weighted by atomic mass is 9.86. The Labute approximate surface area is 898 Å². The molecule has 0 aliphatic heterocycles. The van der Waals surface area contributed by atoms with Crippen LogP contribution in [-0.2, 0) is 76.8 Å². The van der Waals surface area contributed by atoms with E-state index in [2.05, 4.69) is 443 Å². The molecule has 0 spiro atoms. The van der Waals surface area contributed by atoms with Crippen molar-refractivity contribution in [3.63, 3.8) is 0 Å². The first-order valence-electron chi connectivity index (χ1n) is 50.8. The molecule has 0 unspecified atom stereocenters. The molecule has 16 aromatic heterocycles. The summed E-state index contributed by atoms with van der Waals surface area (Å²) in [6.07, 6.45) is 44.0. The van der Waals surface area contributed by atoms with Crippen LogP contribution >= 0.6 is 0 Å². The van der Waals surface area contributed by atoms with Crippen LogP contribution in [-0.4, -0.2) is 115 Å². The van der Waals surface area contributed by atoms with E-state index in [1.54, 1.807) is 74.4 Å². The van der Waals surface area contributed by atoms with Gasteiger partial charge >= 0.3 is 0 Å². The molecule has 13 N–H and O–H groups in total. The predicted molar refractivity (Wildman–Crippen MR) is 629 cm³/mol. The molecule has 0 bridgehead atoms. The molecule has 0 aromatic carbocycles. The van der Waals surface area contributed by atoms with Gasteiger partial charge in [0.15, 0.2) is 0 Å². The third-order valence-corrected chi connectivity index (χ3v) is 22.2. The number of aromatic nitrogens is 23. The second-order valence-corrected chi connectivity index (χ2v) is 51.0. The Balaban J connectivity index is 0.000000546. The Bertz CT molecular complexity index is 6200. The van der Waals surface area contributed by atoms with E-state index in [1.165, 1.54) is 73.6 Å². The Morgan fingerprint density at radius 3 is 1.16 bits per heavy atom. The quantitative estimate of drug-likeness (QED) is 0.0729. The molecule has 16 rings (SSSR count). The van der Waals surface area contributed by atoms with Gasteiger partial charge in [0.1, 0.15) is 47.7 Å². The molecular weight excluding hydrogens is 1860 g/mol. The molecule has 0 saturated carbocycles. The maximum atomic E-state index is 10.9. The standard InChI is InChI=1S/2C11H14N2.3C9H14N2.2C9H13NO.C9H13N.C8H14N2.2C8H12N2.C7H11N3.2C7H12N2.CH4/c1-11(2,3)9-5-7-13-10-8(9)4-6-12-10;1-11(2,3)9-7-13-10-8(9)5-4-6-12-10;1-9(2,3)7-4-5-11-6-8(7)10;1-9(2,3)7-4-5-11-8(10)6-7;1-9(2,3)7-4-5-8(10)11-6-7;1-9(2,3)7-4-5-10-8(11)6-7;1-9(2,3)7-4-5-8(11)10-6-7;1-9(2,3)8-4-6-10-7-5-8;1-8(2,3)4-7-5-9-10-6-7;1-8(2,3)7-4-5-9-6-10-7;1-8(2,3)7-4-5-9-10-6-7;1-7(2,3)6-9-4-8-5-10-6;1-7(2,3)6-4-8-5-9-6;1-7(2,3)6-4-8-9-5-6;/h2*4-7H,1-3H3,(H,12,13);4-6H,10H2,1-3H3;2*4-6H,1-3H3,(H2,10,11);2*4-6H,1-3H3,(H,10,11);4-7H,1-3H3;5-6H,4H2,1-3H3,(H,9,10);2*4-6H,1-3H3;4-5H,1-3H3;2*4-5H,1-3H3,(H,8,9);1H4. The van der Waals surface area contributed by atoms with E-state index in [-0.39, 0.29) is 88.9 Å². The molecule has 28 nitrogen and oxygen atoms in total. The van der Waals surface area contributed by atoms with Crippen molar-refractivity contribution in [1.29, 1.82) is 0 Å². The number of hydrogen-bond acceptors (Lipinski definition) is 21. The highest BCUT2D eigenvalue weighted by atomic mass is 16.1. The van der Waals surface area contributed by atoms with Gasteiger partial charge in [-0.25, -0.2) is 49.8 Å². The van der Waals surface area contributed by atoms with Gasteiger partial charge in [-0.05, 0) is 206 Å². The minimum absolute atomic E-state index is 0. The van der Waals surface area contributed by atoms with E-state index in [0.29, 0.717) is 17.1 Å². The van der Waals surface area contributed by atoms with Gasteiger partial charge in [0.05, 0.1) is 36.8 Å². The van der Waals surface area contributed by atoms with Crippen molar-refractivity contribution in [2.75, 3.05) is 17.2 Å². The van der Waals surface area contributed by atoms with E-state index in [4.69, 9.17) is 17.2 Å². The van der Waals surface area contributed by atoms with Gasteiger partial charge in [-0.2, -0.15) is 20.4 Å². The van der Waals surface area contributed by atoms with Crippen LogP contribution in [0.3, 0.4) is 0 Å². The number of rotatable bonds is 1. The first-order valence-corrected chi connectivity index (χ1v) is 50.8. The molecule has 16 heterocycles. The summed E-state index contributed by atoms with van der Waals surface area (Å²) in [5.74, 6) is 2.01. The molecule has 28 heteroatoms. The fourth-order valence-electron chi connectivity index (χ4n) is 13.1. The van der Waals surface area contributed by atoms with Crippen molar-refractivity contribution >= 4 is 39.4 Å². The van der Waals surface area contributed by atoms with Gasteiger partial charge in [-0.1, -0.05) is 310 Å². The first-order chi connectivity index (χ1) is 68.4. The van der Waals surface area contributed by atoms with Crippen LogP contribution in [0.1, 0.15) is 377 Å². The van der Waals surface area contributed by atoms with E-state index >= 15 is 0 Å². The molecule has 0 radical (unpaired) electrons. The smallest absolute Gasteiger partial charge is 0.248 e. The fraction of sp³-hybridized carbons (Fsp3) is 0.475. The normalized spacial score (nSPS) is 11.6. The molecule has 0 aliphatic rings. The highest BCUT2D eigenvalue weighted by Crippen LogP contribution is 2.33. The zero-order chi connectivity index (χ0) is 113. The van der Waals surface area contributed by atoms with E-state index in [1.807, 2.05) is 129 Å². The second-order valence-electron chi connectivity index (χ2n) is 51.0. The summed E-state index contributed by atoms with van der Waals surface area (Å²) in [5.41, 5.74) is 37.7. The third kappa shape index (κ3) is 52.3. The number of imidazole rings is 1. The van der Waals surface area contributed by atoms with Crippen LogP contribution in [0.15, 0.2) is 262 Å². The first kappa shape index (κ1) is 132. The number of anilines is 3. The Morgan fingerprint density at radius 1 is 0.280 bits per heavy atom. The summed E-state index contributed by atoms with van der Waals surface area (Å²) in [4.78, 5) is 84.3. The molecular formula is C122H186N26O2. The lowest BCUT2D eigenvalue weighted by Gasteiger charge is -2.20. The topological polar surface area (TPSA) is 429 Å². The maximum Gasteiger partial charge on any atom is 0.248 e. The van der Waals surface area contributed by atoms with Crippen molar-refractivity contribution in [1.82, 2.24) is 115 Å². The Morgan fingerprint density at radius 2 is 0.773 bits per heavy atom. The summed E-state index contributed by atoms with van der Waals surface area (Å²) in [6, 6.07) is 33.0. The number of aromatic amines is 7. The van der Waals surface area contributed by atoms with Gasteiger partial charge in [0.2, 0.25) is 11.1 Å². The van der Waals surface area contributed by atoms with Crippen molar-refractivity contribution in [3.05, 3.63) is 351 Å². The largest absolute Gasteiger partial charge is 0.397 e. The highest BCUT2D eigenvalue weighted by Gasteiger charge is 2.24. The van der Waals surface area contributed by atoms with Crippen molar-refractivity contribution in [2.24, 2.45) is 5.41 Å². The molecule has 0 fully saturated rings. The number of pyridine rings is 8. The number of nitrogens with zero attached hydrogens (tertiary/aromatic N) is 16. The molecule has 0 aliphatic carbocycles. The van der Waals surface area contributed by atoms with Crippen LogP contribution in [0.2, 0.25) is 0 Å². The van der Waals surface area contributed by atoms with Gasteiger partial charge in [-0.15, -0.1) is 0 Å². The van der Waals surface area contributed by atoms with Crippen LogP contribution in [0.25, 0.3) is 22.1 Å². The Hall–Kier alpha value is -13.9. The number of nitrogen functional groups attached to an aromatic ring is 3. The zero-order valence-electron chi connectivity index (χ0n) is 98.1. The molecule has 150 heavy (non-hydrogen) atoms. The summed E-state index contributed by atoms with van der Waals surface area (Å²) in [5, 5.41) is 23.3. The average molecular weight is 2050 g/mol. The van der Waals surface area contributed by atoms with Crippen molar-refractivity contribution in [3.8, 4) is 0 Å². The number of fused-ring (bicyclic) bond motifs is 2. The van der Waals surface area contributed by atoms with Gasteiger partial charge in [0.25, 0.3) is 0 Å². The van der Waals surface area contributed by atoms with Gasteiger partial charge in [0, 0.05) is 150 Å². The van der Waals surface area contributed by atoms with E-state index in [9.17, 15) is 9.59 Å². The van der Waals surface area contributed by atoms with Gasteiger partial charge < -0.3 is 42.1 Å². The molecule has 16 aromatic rings. The number of hydrogen-bond donors (Lipinski definition) is 10. The van der Waals surface area contributed by atoms with E-state index in [0.717, 1.165) is 51.6 Å². The van der Waals surface area contributed by atoms with Gasteiger partial charge in [-0.3, -0.25) is 29.8 Å². The third-order valence-electron chi connectivity index (χ3n) is 22.2. The molecule has 816 valence electrons. The number of H-pyrrole nitrogens is 7.